The lowest BCUT2D eigenvalue weighted by Crippen LogP contribution is -2.36. The van der Waals surface area contributed by atoms with E-state index in [1.807, 2.05) is 0 Å². The van der Waals surface area contributed by atoms with Crippen LogP contribution in [-0.4, -0.2) is 46.8 Å². The molecular weight excluding hydrogens is 340 g/mol. The zero-order valence-electron chi connectivity index (χ0n) is 13.9. The summed E-state index contributed by atoms with van der Waals surface area (Å²) >= 11 is 0. The number of nitrogens with zero attached hydrogens (tertiary/aromatic N) is 7. The normalized spacial score (nSPS) is 10.7. The maximum atomic E-state index is 12.0. The standard InChI is InChI=1S/C15H16N8O3/c1-11-2-4-15(26)22(19-11)8-13(24)17-6-7-21-14(25)5-3-12(20-21)23-10-16-9-18-23/h2-5,9-10H,6-8H2,1H3,(H,17,24). The second-order valence-electron chi connectivity index (χ2n) is 5.41. The second kappa shape index (κ2) is 7.51. The van der Waals surface area contributed by atoms with E-state index in [4.69, 9.17) is 0 Å². The highest BCUT2D eigenvalue weighted by Gasteiger charge is 2.07. The van der Waals surface area contributed by atoms with Gasteiger partial charge in [0.2, 0.25) is 5.91 Å². The van der Waals surface area contributed by atoms with Crippen molar-refractivity contribution in [2.24, 2.45) is 0 Å². The molecule has 3 aromatic rings. The van der Waals surface area contributed by atoms with Crippen molar-refractivity contribution < 1.29 is 4.79 Å². The average molecular weight is 356 g/mol. The molecule has 0 bridgehead atoms. The monoisotopic (exact) mass is 356 g/mol. The minimum Gasteiger partial charge on any atom is -0.353 e. The minimum absolute atomic E-state index is 0.170. The molecule has 0 radical (unpaired) electrons. The number of carbonyl (C=O) groups excluding carboxylic acids is 1. The summed E-state index contributed by atoms with van der Waals surface area (Å²) in [6.07, 6.45) is 2.82. The summed E-state index contributed by atoms with van der Waals surface area (Å²) in [5.74, 6) is 0.0506. The highest BCUT2D eigenvalue weighted by molar-refractivity contribution is 5.75. The molecule has 1 N–H and O–H groups in total. The molecule has 0 fully saturated rings. The summed E-state index contributed by atoms with van der Waals surface area (Å²) in [7, 11) is 0. The fraction of sp³-hybridized carbons (Fsp3) is 0.267. The summed E-state index contributed by atoms with van der Waals surface area (Å²) < 4.78 is 3.72. The molecule has 11 heteroatoms. The third-order valence-electron chi connectivity index (χ3n) is 3.45. The smallest absolute Gasteiger partial charge is 0.267 e. The van der Waals surface area contributed by atoms with Gasteiger partial charge in [-0.3, -0.25) is 14.4 Å². The van der Waals surface area contributed by atoms with Gasteiger partial charge in [-0.25, -0.2) is 19.0 Å². The van der Waals surface area contributed by atoms with E-state index in [1.165, 1.54) is 40.2 Å². The maximum Gasteiger partial charge on any atom is 0.267 e. The van der Waals surface area contributed by atoms with E-state index in [2.05, 4.69) is 25.6 Å². The largest absolute Gasteiger partial charge is 0.353 e. The summed E-state index contributed by atoms with van der Waals surface area (Å²) in [6, 6.07) is 5.83. The van der Waals surface area contributed by atoms with Gasteiger partial charge in [-0.15, -0.1) is 5.10 Å². The predicted octanol–water partition coefficient (Wildman–Crippen LogP) is -1.49. The van der Waals surface area contributed by atoms with E-state index >= 15 is 0 Å². The SMILES string of the molecule is Cc1ccc(=O)n(CC(=O)NCCn2nc(-n3cncn3)ccc2=O)n1. The van der Waals surface area contributed by atoms with Crippen molar-refractivity contribution in [3.8, 4) is 5.82 Å². The molecule has 0 saturated heterocycles. The average Bonchev–Trinajstić information content (AvgIpc) is 3.14. The Labute approximate surface area is 146 Å². The van der Waals surface area contributed by atoms with Gasteiger partial charge < -0.3 is 5.32 Å². The molecule has 0 aliphatic carbocycles. The first-order valence-electron chi connectivity index (χ1n) is 7.77. The van der Waals surface area contributed by atoms with Crippen LogP contribution in [-0.2, 0) is 17.9 Å². The van der Waals surface area contributed by atoms with Gasteiger partial charge >= 0.3 is 0 Å². The van der Waals surface area contributed by atoms with Crippen LogP contribution in [0.15, 0.2) is 46.5 Å². The molecule has 0 spiro atoms. The molecule has 26 heavy (non-hydrogen) atoms. The van der Waals surface area contributed by atoms with Crippen LogP contribution >= 0.6 is 0 Å². The highest BCUT2D eigenvalue weighted by Crippen LogP contribution is 1.96. The van der Waals surface area contributed by atoms with Crippen molar-refractivity contribution in [1.29, 1.82) is 0 Å². The van der Waals surface area contributed by atoms with Crippen LogP contribution < -0.4 is 16.4 Å². The Hall–Kier alpha value is -3.63. The number of amides is 1. The Morgan fingerprint density at radius 2 is 1.85 bits per heavy atom. The molecule has 134 valence electrons. The number of carbonyl (C=O) groups is 1. The van der Waals surface area contributed by atoms with E-state index in [9.17, 15) is 14.4 Å². The van der Waals surface area contributed by atoms with Gasteiger partial charge in [-0.1, -0.05) is 0 Å². The van der Waals surface area contributed by atoms with E-state index < -0.39 is 0 Å². The zero-order chi connectivity index (χ0) is 18.5. The van der Waals surface area contributed by atoms with E-state index in [0.717, 1.165) is 4.68 Å². The van der Waals surface area contributed by atoms with Crippen molar-refractivity contribution in [3.63, 3.8) is 0 Å². The number of nitrogens with one attached hydrogen (secondary N) is 1. The first kappa shape index (κ1) is 17.2. The van der Waals surface area contributed by atoms with E-state index in [1.54, 1.807) is 13.0 Å². The first-order chi connectivity index (χ1) is 12.5. The topological polar surface area (TPSA) is 130 Å². The number of hydrogen-bond donors (Lipinski definition) is 1. The minimum atomic E-state index is -0.384. The predicted molar refractivity (Wildman–Crippen MR) is 89.7 cm³/mol. The van der Waals surface area contributed by atoms with Crippen LogP contribution in [0.1, 0.15) is 5.69 Å². The van der Waals surface area contributed by atoms with Gasteiger partial charge in [0.25, 0.3) is 11.1 Å². The summed E-state index contributed by atoms with van der Waals surface area (Å²) in [6.45, 7) is 1.88. The highest BCUT2D eigenvalue weighted by atomic mass is 16.2. The lowest BCUT2D eigenvalue weighted by Gasteiger charge is -2.09. The van der Waals surface area contributed by atoms with Gasteiger partial charge in [0.05, 0.1) is 12.2 Å². The molecule has 11 nitrogen and oxygen atoms in total. The molecule has 0 unspecified atom stereocenters. The Morgan fingerprint density at radius 1 is 1.08 bits per heavy atom. The first-order valence-corrected chi connectivity index (χ1v) is 7.77. The van der Waals surface area contributed by atoms with Gasteiger partial charge in [0, 0.05) is 18.7 Å². The maximum absolute atomic E-state index is 12.0. The van der Waals surface area contributed by atoms with Gasteiger partial charge in [0.1, 0.15) is 19.2 Å². The van der Waals surface area contributed by atoms with Crippen LogP contribution in [0.2, 0.25) is 0 Å². The third-order valence-corrected chi connectivity index (χ3v) is 3.45. The second-order valence-corrected chi connectivity index (χ2v) is 5.41. The van der Waals surface area contributed by atoms with Crippen molar-refractivity contribution in [2.45, 2.75) is 20.0 Å². The van der Waals surface area contributed by atoms with Crippen molar-refractivity contribution in [2.75, 3.05) is 6.54 Å². The number of aromatic nitrogens is 7. The molecule has 1 amide bonds. The van der Waals surface area contributed by atoms with Crippen LogP contribution in [0.3, 0.4) is 0 Å². The number of hydrogen-bond acceptors (Lipinski definition) is 7. The van der Waals surface area contributed by atoms with Crippen LogP contribution in [0.5, 0.6) is 0 Å². The quantitative estimate of drug-likeness (QED) is 0.569. The lowest BCUT2D eigenvalue weighted by molar-refractivity contribution is -0.121. The van der Waals surface area contributed by atoms with Gasteiger partial charge in [-0.2, -0.15) is 10.2 Å². The van der Waals surface area contributed by atoms with E-state index in [-0.39, 0.29) is 36.7 Å². The Morgan fingerprint density at radius 3 is 2.62 bits per heavy atom. The van der Waals surface area contributed by atoms with Crippen molar-refractivity contribution in [1.82, 2.24) is 39.6 Å². The molecule has 3 rings (SSSR count). The molecular formula is C15H16N8O3. The third kappa shape index (κ3) is 4.06. The Kier molecular flexibility index (Phi) is 4.97. The lowest BCUT2D eigenvalue weighted by atomic mass is 10.4. The Balaban J connectivity index is 1.60. The van der Waals surface area contributed by atoms with Crippen molar-refractivity contribution in [3.05, 3.63) is 63.3 Å². The van der Waals surface area contributed by atoms with Crippen LogP contribution in [0.25, 0.3) is 5.82 Å². The fourth-order valence-electron chi connectivity index (χ4n) is 2.20. The zero-order valence-corrected chi connectivity index (χ0v) is 13.9. The molecule has 3 heterocycles. The molecule has 0 saturated carbocycles. The molecule has 3 aromatic heterocycles. The van der Waals surface area contributed by atoms with Crippen LogP contribution in [0.4, 0.5) is 0 Å². The van der Waals surface area contributed by atoms with Crippen molar-refractivity contribution >= 4 is 5.91 Å². The van der Waals surface area contributed by atoms with Gasteiger partial charge in [0.15, 0.2) is 5.82 Å². The molecule has 0 aliphatic rings. The molecule has 0 aliphatic heterocycles. The van der Waals surface area contributed by atoms with Crippen LogP contribution in [0, 0.1) is 6.92 Å². The number of aryl methyl sites for hydroxylation is 1. The van der Waals surface area contributed by atoms with E-state index in [0.29, 0.717) is 11.5 Å². The summed E-state index contributed by atoms with van der Waals surface area (Å²) in [5.41, 5.74) is -0.0260. The summed E-state index contributed by atoms with van der Waals surface area (Å²) in [4.78, 5) is 39.3. The molecule has 0 aromatic carbocycles. The summed E-state index contributed by atoms with van der Waals surface area (Å²) in [5, 5.41) is 14.7. The Bertz CT molecular complexity index is 1020. The molecule has 0 atom stereocenters. The van der Waals surface area contributed by atoms with Gasteiger partial charge in [-0.05, 0) is 19.1 Å². The number of rotatable bonds is 6. The fourth-order valence-corrected chi connectivity index (χ4v) is 2.20.